The predicted octanol–water partition coefficient (Wildman–Crippen LogP) is 3.40. The van der Waals surface area contributed by atoms with Crippen molar-refractivity contribution < 1.29 is 24.6 Å². The van der Waals surface area contributed by atoms with E-state index >= 15 is 0 Å². The van der Waals surface area contributed by atoms with E-state index in [2.05, 4.69) is 15.3 Å². The van der Waals surface area contributed by atoms with Gasteiger partial charge in [-0.1, -0.05) is 6.07 Å². The van der Waals surface area contributed by atoms with E-state index < -0.39 is 11.9 Å². The molecule has 3 N–H and O–H groups in total. The summed E-state index contributed by atoms with van der Waals surface area (Å²) in [6, 6.07) is 16.7. The Bertz CT molecular complexity index is 1380. The number of carboxylic acids is 2. The molecule has 2 aromatic carbocycles. The summed E-state index contributed by atoms with van der Waals surface area (Å²) in [4.78, 5) is 45.6. The Kier molecular flexibility index (Phi) is 6.72. The standard InChI is InChI=1S/C25H23N5O5/c1-29-20-10-7-17(24(33)30(13-11-23(31)32)21-4-2-3-12-26-21)14-19(20)28-22(29)15-27-18-8-5-16(6-9-18)25(34)35/h2-10,12,14,27H,11,13,15H2,1H3,(H,31,32)(H,34,35). The molecule has 10 nitrogen and oxygen atoms in total. The van der Waals surface area contributed by atoms with E-state index in [1.807, 2.05) is 11.6 Å². The highest BCUT2D eigenvalue weighted by atomic mass is 16.4. The number of aliphatic carboxylic acids is 1. The molecule has 0 radical (unpaired) electrons. The van der Waals surface area contributed by atoms with Gasteiger partial charge in [-0.3, -0.25) is 14.5 Å². The number of nitrogens with zero attached hydrogens (tertiary/aromatic N) is 4. The molecule has 0 saturated carbocycles. The number of imidazole rings is 1. The molecule has 4 aromatic rings. The number of nitrogens with one attached hydrogen (secondary N) is 1. The van der Waals surface area contributed by atoms with E-state index in [9.17, 15) is 14.4 Å². The number of pyridine rings is 1. The van der Waals surface area contributed by atoms with Gasteiger partial charge in [-0.25, -0.2) is 14.8 Å². The molecule has 0 saturated heterocycles. The second kappa shape index (κ2) is 10.0. The third kappa shape index (κ3) is 5.27. The summed E-state index contributed by atoms with van der Waals surface area (Å²) in [5, 5.41) is 21.3. The molecular formula is C25H23N5O5. The molecule has 2 heterocycles. The summed E-state index contributed by atoms with van der Waals surface area (Å²) in [6.45, 7) is 0.376. The van der Waals surface area contributed by atoms with Crippen LogP contribution in [0, 0.1) is 0 Å². The third-order valence-corrected chi connectivity index (χ3v) is 5.52. The third-order valence-electron chi connectivity index (χ3n) is 5.52. The first-order valence-corrected chi connectivity index (χ1v) is 10.8. The normalized spacial score (nSPS) is 10.8. The van der Waals surface area contributed by atoms with E-state index in [4.69, 9.17) is 10.2 Å². The Morgan fingerprint density at radius 1 is 1.00 bits per heavy atom. The van der Waals surface area contributed by atoms with Crippen LogP contribution < -0.4 is 10.2 Å². The fourth-order valence-corrected chi connectivity index (χ4v) is 3.65. The van der Waals surface area contributed by atoms with E-state index in [-0.39, 0.29) is 24.4 Å². The number of carbonyl (C=O) groups excluding carboxylic acids is 1. The van der Waals surface area contributed by atoms with Crippen molar-refractivity contribution in [2.24, 2.45) is 7.05 Å². The van der Waals surface area contributed by atoms with Gasteiger partial charge in [-0.05, 0) is 54.6 Å². The van der Waals surface area contributed by atoms with Gasteiger partial charge >= 0.3 is 11.9 Å². The monoisotopic (exact) mass is 473 g/mol. The number of rotatable bonds is 9. The Morgan fingerprint density at radius 3 is 2.40 bits per heavy atom. The molecular weight excluding hydrogens is 450 g/mol. The van der Waals surface area contributed by atoms with E-state index in [1.165, 1.54) is 17.0 Å². The van der Waals surface area contributed by atoms with Gasteiger partial charge in [0, 0.05) is 31.0 Å². The quantitative estimate of drug-likeness (QED) is 0.336. The maximum Gasteiger partial charge on any atom is 0.335 e. The van der Waals surface area contributed by atoms with Gasteiger partial charge in [0.25, 0.3) is 5.91 Å². The number of aryl methyl sites for hydroxylation is 1. The minimum absolute atomic E-state index is 0.0126. The number of carboxylic acid groups (broad SMARTS) is 2. The molecule has 0 atom stereocenters. The highest BCUT2D eigenvalue weighted by molar-refractivity contribution is 6.07. The SMILES string of the molecule is Cn1c(CNc2ccc(C(=O)O)cc2)nc2cc(C(=O)N(CCC(=O)O)c3ccccn3)ccc21. The molecule has 0 aliphatic rings. The minimum Gasteiger partial charge on any atom is -0.481 e. The summed E-state index contributed by atoms with van der Waals surface area (Å²) in [5.74, 6) is -1.26. The van der Waals surface area contributed by atoms with Crippen molar-refractivity contribution in [3.05, 3.63) is 83.8 Å². The number of aromatic nitrogens is 3. The Balaban J connectivity index is 1.56. The van der Waals surface area contributed by atoms with Crippen molar-refractivity contribution in [2.45, 2.75) is 13.0 Å². The van der Waals surface area contributed by atoms with Crippen LogP contribution in [0.15, 0.2) is 66.9 Å². The number of anilines is 2. The molecule has 2 aromatic heterocycles. The molecule has 0 fully saturated rings. The van der Waals surface area contributed by atoms with Crippen LogP contribution in [0.1, 0.15) is 33.0 Å². The van der Waals surface area contributed by atoms with Crippen molar-refractivity contribution in [1.29, 1.82) is 0 Å². The van der Waals surface area contributed by atoms with Crippen LogP contribution in [0.3, 0.4) is 0 Å². The molecule has 0 aliphatic heterocycles. The Morgan fingerprint density at radius 2 is 1.74 bits per heavy atom. The summed E-state index contributed by atoms with van der Waals surface area (Å²) in [5.41, 5.74) is 2.78. The Hall–Kier alpha value is -4.73. The van der Waals surface area contributed by atoms with E-state index in [0.29, 0.717) is 23.4 Å². The van der Waals surface area contributed by atoms with E-state index in [0.717, 1.165) is 17.0 Å². The fourth-order valence-electron chi connectivity index (χ4n) is 3.65. The zero-order valence-corrected chi connectivity index (χ0v) is 18.9. The molecule has 1 amide bonds. The lowest BCUT2D eigenvalue weighted by molar-refractivity contribution is -0.136. The average Bonchev–Trinajstić information content (AvgIpc) is 3.18. The molecule has 178 valence electrons. The van der Waals surface area contributed by atoms with Crippen LogP contribution in [0.2, 0.25) is 0 Å². The Labute approximate surface area is 200 Å². The van der Waals surface area contributed by atoms with E-state index in [1.54, 1.807) is 54.7 Å². The van der Waals surface area contributed by atoms with Gasteiger partial charge in [-0.15, -0.1) is 0 Å². The van der Waals surface area contributed by atoms with Crippen molar-refractivity contribution >= 4 is 40.4 Å². The highest BCUT2D eigenvalue weighted by Gasteiger charge is 2.21. The van der Waals surface area contributed by atoms with Crippen molar-refractivity contribution in [3.63, 3.8) is 0 Å². The number of benzene rings is 2. The maximum atomic E-state index is 13.3. The first kappa shape index (κ1) is 23.4. The number of hydrogen-bond acceptors (Lipinski definition) is 6. The van der Waals surface area contributed by atoms with Gasteiger partial charge in [0.05, 0.1) is 29.6 Å². The van der Waals surface area contributed by atoms with Crippen LogP contribution in [-0.2, 0) is 18.4 Å². The van der Waals surface area contributed by atoms with Gasteiger partial charge < -0.3 is 20.1 Å². The summed E-state index contributed by atoms with van der Waals surface area (Å²) in [6.07, 6.45) is 1.34. The van der Waals surface area contributed by atoms with Crippen LogP contribution in [-0.4, -0.2) is 49.1 Å². The summed E-state index contributed by atoms with van der Waals surface area (Å²) >= 11 is 0. The van der Waals surface area contributed by atoms with Crippen LogP contribution in [0.25, 0.3) is 11.0 Å². The number of carbonyl (C=O) groups is 3. The number of fused-ring (bicyclic) bond motifs is 1. The molecule has 0 spiro atoms. The predicted molar refractivity (Wildman–Crippen MR) is 130 cm³/mol. The number of amides is 1. The van der Waals surface area contributed by atoms with Gasteiger partial charge in [0.15, 0.2) is 0 Å². The van der Waals surface area contributed by atoms with Crippen LogP contribution in [0.5, 0.6) is 0 Å². The molecule has 35 heavy (non-hydrogen) atoms. The van der Waals surface area contributed by atoms with Gasteiger partial charge in [0.2, 0.25) is 0 Å². The molecule has 4 rings (SSSR count). The minimum atomic E-state index is -1.01. The first-order chi connectivity index (χ1) is 16.8. The first-order valence-electron chi connectivity index (χ1n) is 10.8. The van der Waals surface area contributed by atoms with Crippen molar-refractivity contribution in [2.75, 3.05) is 16.8 Å². The number of hydrogen-bond donors (Lipinski definition) is 3. The van der Waals surface area contributed by atoms with Crippen molar-refractivity contribution in [3.8, 4) is 0 Å². The molecule has 0 unspecified atom stereocenters. The van der Waals surface area contributed by atoms with Crippen LogP contribution >= 0.6 is 0 Å². The lowest BCUT2D eigenvalue weighted by atomic mass is 10.1. The van der Waals surface area contributed by atoms with Gasteiger partial charge in [-0.2, -0.15) is 0 Å². The van der Waals surface area contributed by atoms with Gasteiger partial charge in [0.1, 0.15) is 11.6 Å². The lowest BCUT2D eigenvalue weighted by Crippen LogP contribution is -2.33. The average molecular weight is 473 g/mol. The summed E-state index contributed by atoms with van der Waals surface area (Å²) < 4.78 is 1.91. The molecule has 0 bridgehead atoms. The zero-order chi connectivity index (χ0) is 24.9. The topological polar surface area (TPSA) is 138 Å². The summed E-state index contributed by atoms with van der Waals surface area (Å²) in [7, 11) is 1.87. The molecule has 10 heteroatoms. The fraction of sp³-hybridized carbons (Fsp3) is 0.160. The largest absolute Gasteiger partial charge is 0.481 e. The number of aromatic carboxylic acids is 1. The van der Waals surface area contributed by atoms with Crippen LogP contribution in [0.4, 0.5) is 11.5 Å². The molecule has 0 aliphatic carbocycles. The highest BCUT2D eigenvalue weighted by Crippen LogP contribution is 2.21. The second-order valence-corrected chi connectivity index (χ2v) is 7.82. The second-order valence-electron chi connectivity index (χ2n) is 7.82. The smallest absolute Gasteiger partial charge is 0.335 e. The lowest BCUT2D eigenvalue weighted by Gasteiger charge is -2.21. The maximum absolute atomic E-state index is 13.3. The van der Waals surface area contributed by atoms with Crippen molar-refractivity contribution in [1.82, 2.24) is 14.5 Å². The zero-order valence-electron chi connectivity index (χ0n) is 18.9.